The topological polar surface area (TPSA) is 21.3 Å². The Labute approximate surface area is 136 Å². The summed E-state index contributed by atoms with van der Waals surface area (Å²) in [6, 6.07) is 8.84. The van der Waals surface area contributed by atoms with Crippen molar-refractivity contribution < 1.29 is 4.74 Å². The van der Waals surface area contributed by atoms with Crippen molar-refractivity contribution in [2.24, 2.45) is 5.92 Å². The molecular weight excluding hydrogens is 270 g/mol. The highest BCUT2D eigenvalue weighted by Crippen LogP contribution is 2.39. The van der Waals surface area contributed by atoms with Crippen LogP contribution in [0.5, 0.6) is 0 Å². The van der Waals surface area contributed by atoms with E-state index in [1.165, 1.54) is 17.5 Å². The van der Waals surface area contributed by atoms with Gasteiger partial charge in [0.15, 0.2) is 0 Å². The van der Waals surface area contributed by atoms with Gasteiger partial charge < -0.3 is 10.1 Å². The molecule has 2 heteroatoms. The molecule has 0 radical (unpaired) electrons. The summed E-state index contributed by atoms with van der Waals surface area (Å²) in [6.45, 7) is 15.8. The maximum absolute atomic E-state index is 6.46. The largest absolute Gasteiger partial charge is 0.366 e. The van der Waals surface area contributed by atoms with Crippen LogP contribution in [-0.4, -0.2) is 19.2 Å². The Morgan fingerprint density at radius 1 is 1.14 bits per heavy atom. The summed E-state index contributed by atoms with van der Waals surface area (Å²) in [5.41, 5.74) is 2.69. The summed E-state index contributed by atoms with van der Waals surface area (Å²) in [4.78, 5) is 0. The molecule has 1 atom stereocenters. The number of ether oxygens (including phenoxy) is 1. The molecule has 0 aromatic heterocycles. The van der Waals surface area contributed by atoms with E-state index in [9.17, 15) is 0 Å². The first-order chi connectivity index (χ1) is 10.2. The van der Waals surface area contributed by atoms with Gasteiger partial charge in [-0.05, 0) is 55.7 Å². The molecule has 0 aliphatic carbocycles. The first-order valence-corrected chi connectivity index (χ1v) is 8.71. The maximum Gasteiger partial charge on any atom is 0.0882 e. The van der Waals surface area contributed by atoms with Crippen molar-refractivity contribution in [2.45, 2.75) is 71.5 Å². The normalized spacial score (nSPS) is 19.9. The van der Waals surface area contributed by atoms with Crippen LogP contribution in [0.1, 0.15) is 65.5 Å². The Hall–Kier alpha value is -0.860. The minimum atomic E-state index is -0.248. The van der Waals surface area contributed by atoms with Gasteiger partial charge in [-0.3, -0.25) is 0 Å². The van der Waals surface area contributed by atoms with Gasteiger partial charge in [-0.1, -0.05) is 52.0 Å². The Balaban J connectivity index is 2.30. The van der Waals surface area contributed by atoms with Crippen molar-refractivity contribution in [2.75, 3.05) is 13.1 Å². The number of rotatable bonds is 6. The molecule has 0 spiro atoms. The molecule has 2 rings (SSSR count). The summed E-state index contributed by atoms with van der Waals surface area (Å²) in [5, 5.41) is 3.39. The fourth-order valence-corrected chi connectivity index (χ4v) is 3.94. The molecule has 1 aromatic rings. The average Bonchev–Trinajstić information content (AvgIpc) is 2.89. The second-order valence-electron chi connectivity index (χ2n) is 8.27. The van der Waals surface area contributed by atoms with E-state index in [4.69, 9.17) is 4.74 Å². The zero-order valence-corrected chi connectivity index (χ0v) is 15.2. The minimum Gasteiger partial charge on any atom is -0.366 e. The van der Waals surface area contributed by atoms with E-state index >= 15 is 0 Å². The highest BCUT2D eigenvalue weighted by molar-refractivity contribution is 5.37. The van der Waals surface area contributed by atoms with Crippen molar-refractivity contribution in [3.63, 3.8) is 0 Å². The number of benzene rings is 1. The molecular formula is C20H33NO. The summed E-state index contributed by atoms with van der Waals surface area (Å²) >= 11 is 0. The van der Waals surface area contributed by atoms with Crippen LogP contribution in [0.3, 0.4) is 0 Å². The molecule has 1 saturated heterocycles. The predicted octanol–water partition coefficient (Wildman–Crippen LogP) is 4.62. The Kier molecular flexibility index (Phi) is 5.34. The second-order valence-corrected chi connectivity index (χ2v) is 8.27. The molecule has 2 nitrogen and oxygen atoms in total. The molecule has 0 bridgehead atoms. The fourth-order valence-electron chi connectivity index (χ4n) is 3.94. The smallest absolute Gasteiger partial charge is 0.0882 e. The lowest BCUT2D eigenvalue weighted by Gasteiger charge is -2.36. The SMILES string of the molecule is CC(C)CC(C)(C)c1ccccc1C(C)(C)OC1CCNC1. The predicted molar refractivity (Wildman–Crippen MR) is 94.3 cm³/mol. The lowest BCUT2D eigenvalue weighted by atomic mass is 9.73. The summed E-state index contributed by atoms with van der Waals surface area (Å²) < 4.78 is 6.46. The molecule has 22 heavy (non-hydrogen) atoms. The van der Waals surface area contributed by atoms with Crippen LogP contribution in [0, 0.1) is 5.92 Å². The summed E-state index contributed by atoms with van der Waals surface area (Å²) in [7, 11) is 0. The minimum absolute atomic E-state index is 0.166. The van der Waals surface area contributed by atoms with Gasteiger partial charge in [0.2, 0.25) is 0 Å². The fraction of sp³-hybridized carbons (Fsp3) is 0.700. The van der Waals surface area contributed by atoms with Gasteiger partial charge >= 0.3 is 0 Å². The molecule has 1 aliphatic rings. The van der Waals surface area contributed by atoms with Crippen LogP contribution in [0.25, 0.3) is 0 Å². The molecule has 0 amide bonds. The first kappa shape index (κ1) is 17.5. The summed E-state index contributed by atoms with van der Waals surface area (Å²) in [5.74, 6) is 0.686. The standard InChI is InChI=1S/C20H33NO/c1-15(2)13-19(3,4)17-9-7-8-10-18(17)20(5,6)22-16-11-12-21-14-16/h7-10,15-16,21H,11-14H2,1-6H3. The van der Waals surface area contributed by atoms with Crippen molar-refractivity contribution in [3.8, 4) is 0 Å². The highest BCUT2D eigenvalue weighted by atomic mass is 16.5. The van der Waals surface area contributed by atoms with Gasteiger partial charge in [-0.25, -0.2) is 0 Å². The van der Waals surface area contributed by atoms with E-state index in [2.05, 4.69) is 71.1 Å². The molecule has 1 N–H and O–H groups in total. The number of hydrogen-bond donors (Lipinski definition) is 1. The van der Waals surface area contributed by atoms with Crippen molar-refractivity contribution in [1.82, 2.24) is 5.32 Å². The van der Waals surface area contributed by atoms with Gasteiger partial charge in [0.05, 0.1) is 11.7 Å². The Morgan fingerprint density at radius 3 is 2.32 bits per heavy atom. The van der Waals surface area contributed by atoms with Crippen LogP contribution in [0.4, 0.5) is 0 Å². The monoisotopic (exact) mass is 303 g/mol. The third-order valence-electron chi connectivity index (χ3n) is 4.70. The van der Waals surface area contributed by atoms with Gasteiger partial charge in [0, 0.05) is 6.54 Å². The molecule has 1 fully saturated rings. The first-order valence-electron chi connectivity index (χ1n) is 8.71. The third kappa shape index (κ3) is 4.11. The lowest BCUT2D eigenvalue weighted by molar-refractivity contribution is -0.0680. The van der Waals surface area contributed by atoms with E-state index in [1.807, 2.05) is 0 Å². The number of hydrogen-bond acceptors (Lipinski definition) is 2. The van der Waals surface area contributed by atoms with Crippen LogP contribution >= 0.6 is 0 Å². The van der Waals surface area contributed by atoms with Gasteiger partial charge in [-0.15, -0.1) is 0 Å². The van der Waals surface area contributed by atoms with E-state index in [0.29, 0.717) is 12.0 Å². The second kappa shape index (κ2) is 6.72. The van der Waals surface area contributed by atoms with Crippen LogP contribution in [0.15, 0.2) is 24.3 Å². The number of nitrogens with one attached hydrogen (secondary N) is 1. The van der Waals surface area contributed by atoms with E-state index < -0.39 is 0 Å². The summed E-state index contributed by atoms with van der Waals surface area (Å²) in [6.07, 6.45) is 2.63. The van der Waals surface area contributed by atoms with E-state index in [1.54, 1.807) is 0 Å². The van der Waals surface area contributed by atoms with Crippen molar-refractivity contribution in [1.29, 1.82) is 0 Å². The van der Waals surface area contributed by atoms with Gasteiger partial charge in [0.1, 0.15) is 0 Å². The lowest BCUT2D eigenvalue weighted by Crippen LogP contribution is -2.33. The maximum atomic E-state index is 6.46. The Bertz CT molecular complexity index is 484. The van der Waals surface area contributed by atoms with Gasteiger partial charge in [-0.2, -0.15) is 0 Å². The zero-order valence-electron chi connectivity index (χ0n) is 15.2. The van der Waals surface area contributed by atoms with Crippen LogP contribution < -0.4 is 5.32 Å². The van der Waals surface area contributed by atoms with Crippen LogP contribution in [0.2, 0.25) is 0 Å². The van der Waals surface area contributed by atoms with E-state index in [0.717, 1.165) is 19.5 Å². The average molecular weight is 303 g/mol. The van der Waals surface area contributed by atoms with E-state index in [-0.39, 0.29) is 11.0 Å². The quantitative estimate of drug-likeness (QED) is 0.827. The molecule has 124 valence electrons. The van der Waals surface area contributed by atoms with Crippen molar-refractivity contribution in [3.05, 3.63) is 35.4 Å². The van der Waals surface area contributed by atoms with Crippen LogP contribution in [-0.2, 0) is 15.8 Å². The van der Waals surface area contributed by atoms with Crippen molar-refractivity contribution >= 4 is 0 Å². The van der Waals surface area contributed by atoms with Gasteiger partial charge in [0.25, 0.3) is 0 Å². The molecule has 1 aromatic carbocycles. The third-order valence-corrected chi connectivity index (χ3v) is 4.70. The highest BCUT2D eigenvalue weighted by Gasteiger charge is 2.33. The molecule has 1 unspecified atom stereocenters. The molecule has 1 aliphatic heterocycles. The molecule has 1 heterocycles. The zero-order chi connectivity index (χ0) is 16.4. The Morgan fingerprint density at radius 2 is 1.77 bits per heavy atom. The molecule has 0 saturated carbocycles.